The molecule has 0 unspecified atom stereocenters. The third kappa shape index (κ3) is 6.24. The van der Waals surface area contributed by atoms with Gasteiger partial charge in [-0.1, -0.05) is 6.92 Å². The Bertz CT molecular complexity index is 1030. The Morgan fingerprint density at radius 2 is 1.91 bits per heavy atom. The maximum Gasteiger partial charge on any atom is 0.325 e. The average molecular weight is 487 g/mol. The summed E-state index contributed by atoms with van der Waals surface area (Å²) in [5, 5.41) is 0. The van der Waals surface area contributed by atoms with Gasteiger partial charge >= 0.3 is 6.03 Å². The standard InChI is InChI=1S/C21H26N6O4.C3H8O/c1-4-14-12-15(6-7-16(14)27-9-8-25(10-11-28)21(27)30)26(5-2)20(29)17-18(22)23-13-24-19(17)31-3;1-3-4-2/h6-7,11-13H,4-5,8-10H2,1-3H3,(H2,22,23,24);3H2,1-2H3. The van der Waals surface area contributed by atoms with Crippen molar-refractivity contribution >= 4 is 35.4 Å². The maximum absolute atomic E-state index is 13.3. The first-order chi connectivity index (χ1) is 16.9. The number of hydrogen-bond donors (Lipinski definition) is 1. The van der Waals surface area contributed by atoms with Crippen LogP contribution in [0, 0.1) is 0 Å². The number of ether oxygens (including phenoxy) is 2. The van der Waals surface area contributed by atoms with Crippen molar-refractivity contribution in [3.05, 3.63) is 35.7 Å². The molecule has 2 N–H and O–H groups in total. The molecule has 190 valence electrons. The Kier molecular flexibility index (Phi) is 10.4. The molecule has 1 aromatic carbocycles. The van der Waals surface area contributed by atoms with Crippen LogP contribution in [0.5, 0.6) is 5.88 Å². The highest BCUT2D eigenvalue weighted by Crippen LogP contribution is 2.31. The van der Waals surface area contributed by atoms with Gasteiger partial charge in [-0.05, 0) is 44.0 Å². The molecule has 1 aliphatic heterocycles. The molecule has 2 aromatic rings. The van der Waals surface area contributed by atoms with E-state index in [4.69, 9.17) is 10.5 Å². The van der Waals surface area contributed by atoms with Gasteiger partial charge in [0.1, 0.15) is 24.0 Å². The summed E-state index contributed by atoms with van der Waals surface area (Å²) in [4.78, 5) is 49.3. The zero-order valence-electron chi connectivity index (χ0n) is 21.0. The molecular weight excluding hydrogens is 452 g/mol. The van der Waals surface area contributed by atoms with Crippen LogP contribution in [0.3, 0.4) is 0 Å². The smallest absolute Gasteiger partial charge is 0.325 e. The van der Waals surface area contributed by atoms with E-state index < -0.39 is 0 Å². The van der Waals surface area contributed by atoms with E-state index in [9.17, 15) is 14.4 Å². The van der Waals surface area contributed by atoms with Crippen molar-refractivity contribution in [2.24, 2.45) is 0 Å². The van der Waals surface area contributed by atoms with Gasteiger partial charge in [-0.3, -0.25) is 9.69 Å². The summed E-state index contributed by atoms with van der Waals surface area (Å²) in [7, 11) is 3.10. The van der Waals surface area contributed by atoms with Crippen LogP contribution >= 0.6 is 0 Å². The Morgan fingerprint density at radius 3 is 2.49 bits per heavy atom. The number of aromatic nitrogens is 2. The minimum Gasteiger partial charge on any atom is -0.480 e. The molecule has 0 saturated carbocycles. The summed E-state index contributed by atoms with van der Waals surface area (Å²) in [6.07, 6.45) is 2.63. The van der Waals surface area contributed by atoms with E-state index in [1.807, 2.05) is 32.9 Å². The van der Waals surface area contributed by atoms with Gasteiger partial charge in [0.25, 0.3) is 5.91 Å². The molecular formula is C24H34N6O5. The number of aryl methyl sites for hydroxylation is 1. The number of nitrogens with zero attached hydrogens (tertiary/aromatic N) is 5. The molecule has 0 aliphatic carbocycles. The van der Waals surface area contributed by atoms with Gasteiger partial charge in [0, 0.05) is 44.7 Å². The van der Waals surface area contributed by atoms with E-state index in [0.717, 1.165) is 24.1 Å². The molecule has 1 aromatic heterocycles. The molecule has 3 amide bonds. The molecule has 0 spiro atoms. The van der Waals surface area contributed by atoms with Crippen LogP contribution in [0.15, 0.2) is 24.5 Å². The number of nitrogen functional groups attached to an aromatic ring is 1. The molecule has 0 radical (unpaired) electrons. The summed E-state index contributed by atoms with van der Waals surface area (Å²) < 4.78 is 9.74. The predicted molar refractivity (Wildman–Crippen MR) is 134 cm³/mol. The molecule has 11 nitrogen and oxygen atoms in total. The summed E-state index contributed by atoms with van der Waals surface area (Å²) in [6, 6.07) is 5.31. The van der Waals surface area contributed by atoms with Crippen molar-refractivity contribution in [3.8, 4) is 5.88 Å². The summed E-state index contributed by atoms with van der Waals surface area (Å²) >= 11 is 0. The maximum atomic E-state index is 13.3. The van der Waals surface area contributed by atoms with Gasteiger partial charge in [0.05, 0.1) is 13.7 Å². The Morgan fingerprint density at radius 1 is 1.20 bits per heavy atom. The highest BCUT2D eigenvalue weighted by molar-refractivity contribution is 6.10. The Labute approximate surface area is 205 Å². The Balaban J connectivity index is 0.00000100. The van der Waals surface area contributed by atoms with Crippen LogP contribution < -0.4 is 20.3 Å². The van der Waals surface area contributed by atoms with Crippen molar-refractivity contribution < 1.29 is 23.9 Å². The molecule has 35 heavy (non-hydrogen) atoms. The van der Waals surface area contributed by atoms with Gasteiger partial charge in [-0.2, -0.15) is 0 Å². The lowest BCUT2D eigenvalue weighted by Gasteiger charge is -2.25. The normalized spacial score (nSPS) is 12.8. The van der Waals surface area contributed by atoms with Gasteiger partial charge < -0.3 is 29.8 Å². The fourth-order valence-corrected chi connectivity index (χ4v) is 3.67. The largest absolute Gasteiger partial charge is 0.480 e. The van der Waals surface area contributed by atoms with Crippen molar-refractivity contribution in [1.29, 1.82) is 0 Å². The summed E-state index contributed by atoms with van der Waals surface area (Å²) in [6.45, 7) is 8.07. The number of nitrogens with two attached hydrogens (primary N) is 1. The first-order valence-corrected chi connectivity index (χ1v) is 11.5. The number of benzene rings is 1. The quantitative estimate of drug-likeness (QED) is 0.535. The van der Waals surface area contributed by atoms with E-state index >= 15 is 0 Å². The van der Waals surface area contributed by atoms with E-state index in [0.29, 0.717) is 31.7 Å². The van der Waals surface area contributed by atoms with Gasteiger partial charge in [0.15, 0.2) is 0 Å². The number of rotatable bonds is 9. The van der Waals surface area contributed by atoms with E-state index in [2.05, 4.69) is 14.7 Å². The number of urea groups is 1. The number of amides is 3. The van der Waals surface area contributed by atoms with Gasteiger partial charge in [-0.25, -0.2) is 14.8 Å². The molecule has 2 heterocycles. The van der Waals surface area contributed by atoms with E-state index in [1.165, 1.54) is 18.3 Å². The molecule has 1 fully saturated rings. The fourth-order valence-electron chi connectivity index (χ4n) is 3.67. The number of aldehydes is 1. The van der Waals surface area contributed by atoms with E-state index in [-0.39, 0.29) is 35.7 Å². The topological polar surface area (TPSA) is 131 Å². The van der Waals surface area contributed by atoms with Crippen LogP contribution in [0.2, 0.25) is 0 Å². The molecule has 3 rings (SSSR count). The van der Waals surface area contributed by atoms with Crippen LogP contribution in [-0.2, 0) is 16.0 Å². The second-order valence-corrected chi connectivity index (χ2v) is 7.48. The lowest BCUT2D eigenvalue weighted by atomic mass is 10.1. The fraction of sp³-hybridized carbons (Fsp3) is 0.458. The van der Waals surface area contributed by atoms with Crippen LogP contribution in [-0.4, -0.2) is 80.1 Å². The van der Waals surface area contributed by atoms with Crippen LogP contribution in [0.25, 0.3) is 0 Å². The van der Waals surface area contributed by atoms with Crippen molar-refractivity contribution in [2.75, 3.05) is 62.5 Å². The minimum atomic E-state index is -0.373. The SMILES string of the molecule is CCOC.CCc1cc(N(CC)C(=O)c2c(N)ncnc2OC)ccc1N1CCN(CC=O)C1=O. The second-order valence-electron chi connectivity index (χ2n) is 7.48. The number of carbonyl (C=O) groups is 3. The molecule has 1 aliphatic rings. The number of anilines is 3. The number of hydrogen-bond acceptors (Lipinski definition) is 8. The minimum absolute atomic E-state index is 0.0422. The van der Waals surface area contributed by atoms with Gasteiger partial charge in [-0.15, -0.1) is 0 Å². The lowest BCUT2D eigenvalue weighted by molar-refractivity contribution is -0.108. The van der Waals surface area contributed by atoms with Crippen molar-refractivity contribution in [3.63, 3.8) is 0 Å². The highest BCUT2D eigenvalue weighted by Gasteiger charge is 2.31. The van der Waals surface area contributed by atoms with E-state index in [1.54, 1.807) is 23.0 Å². The zero-order chi connectivity index (χ0) is 26.0. The third-order valence-corrected chi connectivity index (χ3v) is 5.54. The zero-order valence-corrected chi connectivity index (χ0v) is 21.0. The second kappa shape index (κ2) is 13.2. The highest BCUT2D eigenvalue weighted by atomic mass is 16.5. The summed E-state index contributed by atoms with van der Waals surface area (Å²) in [5.41, 5.74) is 8.38. The Hall–Kier alpha value is -3.73. The first-order valence-electron chi connectivity index (χ1n) is 11.5. The van der Waals surface area contributed by atoms with Crippen LogP contribution in [0.4, 0.5) is 22.0 Å². The number of carbonyl (C=O) groups excluding carboxylic acids is 3. The van der Waals surface area contributed by atoms with Crippen LogP contribution in [0.1, 0.15) is 36.7 Å². The molecule has 0 bridgehead atoms. The lowest BCUT2D eigenvalue weighted by Crippen LogP contribution is -2.34. The van der Waals surface area contributed by atoms with Gasteiger partial charge in [0.2, 0.25) is 5.88 Å². The summed E-state index contributed by atoms with van der Waals surface area (Å²) in [5.74, 6) is -0.219. The monoisotopic (exact) mass is 486 g/mol. The molecule has 1 saturated heterocycles. The van der Waals surface area contributed by atoms with Crippen molar-refractivity contribution in [1.82, 2.24) is 14.9 Å². The average Bonchev–Trinajstić information content (AvgIpc) is 3.24. The first kappa shape index (κ1) is 27.5. The molecule has 11 heteroatoms. The predicted octanol–water partition coefficient (Wildman–Crippen LogP) is 2.39. The number of methoxy groups -OCH3 is 2. The third-order valence-electron chi connectivity index (χ3n) is 5.54. The molecule has 0 atom stereocenters. The van der Waals surface area contributed by atoms with Crippen molar-refractivity contribution in [2.45, 2.75) is 27.2 Å².